The summed E-state index contributed by atoms with van der Waals surface area (Å²) in [5, 5.41) is 12.0. The number of nitrogen functional groups attached to an aromatic ring is 1. The molecule has 3 aromatic rings. The van der Waals surface area contributed by atoms with Crippen LogP contribution in [0.4, 0.5) is 5.69 Å². The Morgan fingerprint density at radius 2 is 1.83 bits per heavy atom. The smallest absolute Gasteiger partial charge is 0.234 e. The molecule has 0 aliphatic heterocycles. The minimum atomic E-state index is -0.137. The minimum absolute atomic E-state index is 0.137. The molecule has 0 saturated heterocycles. The number of carbonyl (C=O) groups excluding carboxylic acids is 1. The monoisotopic (exact) mass is 359 g/mol. The van der Waals surface area contributed by atoms with Crippen LogP contribution in [0.3, 0.4) is 0 Å². The van der Waals surface area contributed by atoms with E-state index in [1.54, 1.807) is 12.1 Å². The van der Waals surface area contributed by atoms with Gasteiger partial charge < -0.3 is 11.2 Å². The van der Waals surface area contributed by atoms with Crippen molar-refractivity contribution in [2.75, 3.05) is 16.9 Å². The molecule has 8 heteroatoms. The summed E-state index contributed by atoms with van der Waals surface area (Å²) in [6.07, 6.45) is 0. The first-order valence-electron chi connectivity index (χ1n) is 7.07. The normalized spacial score (nSPS) is 10.5. The lowest BCUT2D eigenvalue weighted by molar-refractivity contribution is -0.113. The maximum absolute atomic E-state index is 12.0. The number of anilines is 1. The molecule has 3 rings (SSSR count). The Hall–Kier alpha value is -2.51. The van der Waals surface area contributed by atoms with Crippen LogP contribution < -0.4 is 11.2 Å². The molecule has 3 N–H and O–H groups in total. The molecule has 0 fully saturated rings. The van der Waals surface area contributed by atoms with Crippen LogP contribution >= 0.6 is 23.4 Å². The average Bonchev–Trinajstić information content (AvgIpc) is 2.95. The quantitative estimate of drug-likeness (QED) is 0.540. The topological polar surface area (TPSA) is 85.8 Å². The fourth-order valence-corrected chi connectivity index (χ4v) is 2.80. The molecule has 1 heterocycles. The molecule has 1 amide bonds. The van der Waals surface area contributed by atoms with E-state index in [-0.39, 0.29) is 11.7 Å². The summed E-state index contributed by atoms with van der Waals surface area (Å²) in [5.41, 5.74) is 1.55. The van der Waals surface area contributed by atoms with Crippen molar-refractivity contribution in [3.05, 3.63) is 59.6 Å². The van der Waals surface area contributed by atoms with Crippen molar-refractivity contribution < 1.29 is 4.79 Å². The third kappa shape index (κ3) is 3.87. The second kappa shape index (κ2) is 7.37. The van der Waals surface area contributed by atoms with Gasteiger partial charge >= 0.3 is 0 Å². The second-order valence-corrected chi connectivity index (χ2v) is 6.26. The molecule has 0 bridgehead atoms. The lowest BCUT2D eigenvalue weighted by Gasteiger charge is -2.05. The highest BCUT2D eigenvalue weighted by atomic mass is 35.5. The molecule has 0 spiro atoms. The van der Waals surface area contributed by atoms with Gasteiger partial charge in [0.2, 0.25) is 11.1 Å². The van der Waals surface area contributed by atoms with Crippen molar-refractivity contribution >= 4 is 35.0 Å². The van der Waals surface area contributed by atoms with Crippen molar-refractivity contribution in [2.45, 2.75) is 5.16 Å². The number of rotatable bonds is 5. The Morgan fingerprint density at radius 1 is 1.12 bits per heavy atom. The first kappa shape index (κ1) is 16.4. The Labute approximate surface area is 148 Å². The van der Waals surface area contributed by atoms with Crippen LogP contribution in [0.25, 0.3) is 11.4 Å². The molecule has 0 saturated carbocycles. The summed E-state index contributed by atoms with van der Waals surface area (Å²) in [7, 11) is 0. The number of para-hydroxylation sites is 1. The first-order chi connectivity index (χ1) is 11.6. The van der Waals surface area contributed by atoms with Gasteiger partial charge in [-0.25, -0.2) is 4.68 Å². The van der Waals surface area contributed by atoms with Gasteiger partial charge in [-0.15, -0.1) is 10.2 Å². The van der Waals surface area contributed by atoms with Crippen LogP contribution in [-0.2, 0) is 4.79 Å². The maximum Gasteiger partial charge on any atom is 0.234 e. The standard InChI is InChI=1S/C16H14ClN5OS/c17-12-8-6-11(7-9-12)15-20-21-16(22(15)18)24-10-14(23)19-13-4-2-1-3-5-13/h1-9H,10,18H2,(H,19,23). The van der Waals surface area contributed by atoms with E-state index in [2.05, 4.69) is 15.5 Å². The number of nitrogens with zero attached hydrogens (tertiary/aromatic N) is 3. The Balaban J connectivity index is 1.64. The van der Waals surface area contributed by atoms with Gasteiger partial charge in [-0.3, -0.25) is 4.79 Å². The lowest BCUT2D eigenvalue weighted by atomic mass is 10.2. The summed E-state index contributed by atoms with van der Waals surface area (Å²) in [6.45, 7) is 0. The Morgan fingerprint density at radius 3 is 2.54 bits per heavy atom. The van der Waals surface area contributed by atoms with E-state index in [4.69, 9.17) is 17.4 Å². The Kier molecular flexibility index (Phi) is 5.02. The van der Waals surface area contributed by atoms with Gasteiger partial charge in [0.25, 0.3) is 0 Å². The summed E-state index contributed by atoms with van der Waals surface area (Å²) < 4.78 is 1.36. The molecule has 0 unspecified atom stereocenters. The van der Waals surface area contributed by atoms with Crippen molar-refractivity contribution in [1.29, 1.82) is 0 Å². The number of thioether (sulfide) groups is 1. The van der Waals surface area contributed by atoms with Crippen molar-refractivity contribution in [3.63, 3.8) is 0 Å². The average molecular weight is 360 g/mol. The molecule has 122 valence electrons. The van der Waals surface area contributed by atoms with E-state index in [9.17, 15) is 4.79 Å². The van der Waals surface area contributed by atoms with E-state index >= 15 is 0 Å². The molecule has 0 atom stereocenters. The van der Waals surface area contributed by atoms with Crippen LogP contribution in [0, 0.1) is 0 Å². The number of amides is 1. The summed E-state index contributed by atoms with van der Waals surface area (Å²) in [4.78, 5) is 12.0. The number of halogens is 1. The zero-order valence-corrected chi connectivity index (χ0v) is 14.1. The number of hydrogen-bond donors (Lipinski definition) is 2. The SMILES string of the molecule is Nn1c(SCC(=O)Nc2ccccc2)nnc1-c1ccc(Cl)cc1. The van der Waals surface area contributed by atoms with Gasteiger partial charge in [0.05, 0.1) is 5.75 Å². The largest absolute Gasteiger partial charge is 0.335 e. The van der Waals surface area contributed by atoms with Crippen LogP contribution in [0.2, 0.25) is 5.02 Å². The number of nitrogens with two attached hydrogens (primary N) is 1. The van der Waals surface area contributed by atoms with Gasteiger partial charge in [0, 0.05) is 16.3 Å². The fourth-order valence-electron chi connectivity index (χ4n) is 2.02. The molecule has 0 aliphatic rings. The van der Waals surface area contributed by atoms with Crippen LogP contribution in [0.15, 0.2) is 59.8 Å². The van der Waals surface area contributed by atoms with Gasteiger partial charge in [-0.05, 0) is 36.4 Å². The van der Waals surface area contributed by atoms with Gasteiger partial charge in [0.1, 0.15) is 0 Å². The summed E-state index contributed by atoms with van der Waals surface area (Å²) >= 11 is 7.09. The van der Waals surface area contributed by atoms with Crippen molar-refractivity contribution in [1.82, 2.24) is 14.9 Å². The van der Waals surface area contributed by atoms with Crippen LogP contribution in [-0.4, -0.2) is 26.5 Å². The molecule has 24 heavy (non-hydrogen) atoms. The number of hydrogen-bond acceptors (Lipinski definition) is 5. The van der Waals surface area contributed by atoms with Gasteiger partial charge in [-0.2, -0.15) is 0 Å². The minimum Gasteiger partial charge on any atom is -0.335 e. The summed E-state index contributed by atoms with van der Waals surface area (Å²) in [6, 6.07) is 16.4. The van der Waals surface area contributed by atoms with Gasteiger partial charge in [0.15, 0.2) is 5.82 Å². The summed E-state index contributed by atoms with van der Waals surface area (Å²) in [5.74, 6) is 6.58. The van der Waals surface area contributed by atoms with Gasteiger partial charge in [-0.1, -0.05) is 41.6 Å². The number of carbonyl (C=O) groups is 1. The fraction of sp³-hybridized carbons (Fsp3) is 0.0625. The Bertz CT molecular complexity index is 835. The van der Waals surface area contributed by atoms with Crippen molar-refractivity contribution in [3.8, 4) is 11.4 Å². The highest BCUT2D eigenvalue weighted by Gasteiger charge is 2.13. The zero-order chi connectivity index (χ0) is 16.9. The van der Waals surface area contributed by atoms with E-state index in [0.29, 0.717) is 16.0 Å². The predicted octanol–water partition coefficient (Wildman–Crippen LogP) is 3.04. The number of nitrogens with one attached hydrogen (secondary N) is 1. The van der Waals surface area contributed by atoms with E-state index < -0.39 is 0 Å². The molecule has 1 aromatic heterocycles. The zero-order valence-electron chi connectivity index (χ0n) is 12.5. The number of benzene rings is 2. The lowest BCUT2D eigenvalue weighted by Crippen LogP contribution is -2.16. The third-order valence-corrected chi connectivity index (χ3v) is 4.35. The van der Waals surface area contributed by atoms with Crippen LogP contribution in [0.5, 0.6) is 0 Å². The predicted molar refractivity (Wildman–Crippen MR) is 96.4 cm³/mol. The molecule has 2 aromatic carbocycles. The molecule has 0 radical (unpaired) electrons. The second-order valence-electron chi connectivity index (χ2n) is 4.89. The first-order valence-corrected chi connectivity index (χ1v) is 8.44. The van der Waals surface area contributed by atoms with E-state index in [0.717, 1.165) is 11.3 Å². The highest BCUT2D eigenvalue weighted by molar-refractivity contribution is 7.99. The molecular formula is C16H14ClN5OS. The van der Waals surface area contributed by atoms with Crippen LogP contribution in [0.1, 0.15) is 0 Å². The number of aromatic nitrogens is 3. The highest BCUT2D eigenvalue weighted by Crippen LogP contribution is 2.23. The van der Waals surface area contributed by atoms with E-state index in [1.807, 2.05) is 42.5 Å². The molecular weight excluding hydrogens is 346 g/mol. The molecule has 0 aliphatic carbocycles. The third-order valence-electron chi connectivity index (χ3n) is 3.16. The van der Waals surface area contributed by atoms with Crippen molar-refractivity contribution in [2.24, 2.45) is 0 Å². The molecule has 6 nitrogen and oxygen atoms in total. The maximum atomic E-state index is 12.0. The van der Waals surface area contributed by atoms with E-state index in [1.165, 1.54) is 16.4 Å².